The van der Waals surface area contributed by atoms with Crippen LogP contribution >= 0.6 is 0 Å². The molecule has 0 bridgehead atoms. The molecule has 2 amide bonds. The number of anilines is 2. The normalized spacial score (nSPS) is 11.9. The van der Waals surface area contributed by atoms with Crippen LogP contribution in [0.1, 0.15) is 43.2 Å². The molecule has 16 nitrogen and oxygen atoms in total. The van der Waals surface area contributed by atoms with Crippen molar-refractivity contribution in [1.82, 2.24) is 20.6 Å². The van der Waals surface area contributed by atoms with Crippen molar-refractivity contribution in [3.63, 3.8) is 0 Å². The SMILES string of the molecule is COC[C@@H](NCc1cnc(C(=O)Nc2cccc(-c3cccc(NC(=O)c4cc(OC)c(CN[C@H](COC)C(=O)OC)cn4)c3C)c2C)cc1OC)C(=O)OC. The molecule has 0 saturated heterocycles. The van der Waals surface area contributed by atoms with Gasteiger partial charge in [-0.25, -0.2) is 0 Å². The molecule has 4 aromatic rings. The Balaban J connectivity index is 1.49. The Hall–Kier alpha value is -5.94. The molecule has 2 atom stereocenters. The van der Waals surface area contributed by atoms with Gasteiger partial charge in [0.05, 0.1) is 41.7 Å². The number of carbonyl (C=O) groups excluding carboxylic acids is 4. The number of nitrogens with zero attached hydrogens (tertiary/aromatic N) is 2. The lowest BCUT2D eigenvalue weighted by Gasteiger charge is -2.18. The number of ether oxygens (including phenoxy) is 6. The summed E-state index contributed by atoms with van der Waals surface area (Å²) in [5.74, 6) is -1.02. The number of benzene rings is 2. The van der Waals surface area contributed by atoms with Crippen LogP contribution in [0.2, 0.25) is 0 Å². The van der Waals surface area contributed by atoms with Gasteiger partial charge >= 0.3 is 11.9 Å². The second-order valence-corrected chi connectivity index (χ2v) is 12.5. The molecule has 4 rings (SSSR count). The fourth-order valence-electron chi connectivity index (χ4n) is 5.83. The molecule has 0 fully saturated rings. The number of hydrogen-bond donors (Lipinski definition) is 4. The van der Waals surface area contributed by atoms with Crippen molar-refractivity contribution < 1.29 is 47.6 Å². The Morgan fingerprint density at radius 2 is 1.00 bits per heavy atom. The minimum Gasteiger partial charge on any atom is -0.496 e. The smallest absolute Gasteiger partial charge is 0.325 e. The van der Waals surface area contributed by atoms with Gasteiger partial charge < -0.3 is 39.1 Å². The maximum absolute atomic E-state index is 13.4. The molecule has 16 heteroatoms. The highest BCUT2D eigenvalue weighted by Gasteiger charge is 2.22. The Labute approximate surface area is 325 Å². The topological polar surface area (TPSA) is 198 Å². The quantitative estimate of drug-likeness (QED) is 0.100. The van der Waals surface area contributed by atoms with Crippen LogP contribution < -0.4 is 30.7 Å². The zero-order valence-electron chi connectivity index (χ0n) is 32.7. The lowest BCUT2D eigenvalue weighted by atomic mass is 9.94. The van der Waals surface area contributed by atoms with E-state index in [4.69, 9.17) is 28.4 Å². The minimum absolute atomic E-state index is 0.110. The van der Waals surface area contributed by atoms with E-state index in [1.54, 1.807) is 12.1 Å². The maximum atomic E-state index is 13.4. The molecular weight excluding hydrogens is 724 g/mol. The average Bonchev–Trinajstić information content (AvgIpc) is 3.21. The lowest BCUT2D eigenvalue weighted by molar-refractivity contribution is -0.145. The number of carbonyl (C=O) groups is 4. The summed E-state index contributed by atoms with van der Waals surface area (Å²) in [5, 5.41) is 12.0. The summed E-state index contributed by atoms with van der Waals surface area (Å²) in [6, 6.07) is 12.8. The van der Waals surface area contributed by atoms with Crippen LogP contribution in [0.3, 0.4) is 0 Å². The third-order valence-corrected chi connectivity index (χ3v) is 8.96. The van der Waals surface area contributed by atoms with Crippen LogP contribution in [0.25, 0.3) is 11.1 Å². The van der Waals surface area contributed by atoms with Crippen LogP contribution in [-0.4, -0.2) is 102 Å². The van der Waals surface area contributed by atoms with E-state index >= 15 is 0 Å². The van der Waals surface area contributed by atoms with Gasteiger partial charge in [0.25, 0.3) is 11.8 Å². The number of hydrogen-bond acceptors (Lipinski definition) is 14. The molecule has 2 aromatic carbocycles. The second kappa shape index (κ2) is 20.7. The number of pyridine rings is 2. The third-order valence-electron chi connectivity index (χ3n) is 8.96. The molecule has 2 heterocycles. The Kier molecular flexibility index (Phi) is 15.8. The summed E-state index contributed by atoms with van der Waals surface area (Å²) in [7, 11) is 8.53. The van der Waals surface area contributed by atoms with Gasteiger partial charge in [-0.2, -0.15) is 0 Å². The van der Waals surface area contributed by atoms with Gasteiger partial charge in [0, 0.05) is 74.3 Å². The fourth-order valence-corrected chi connectivity index (χ4v) is 5.83. The highest BCUT2D eigenvalue weighted by Crippen LogP contribution is 2.34. The Bertz CT molecular complexity index is 1880. The highest BCUT2D eigenvalue weighted by atomic mass is 16.5. The van der Waals surface area contributed by atoms with Gasteiger partial charge in [0.2, 0.25) is 0 Å². The van der Waals surface area contributed by atoms with Crippen molar-refractivity contribution in [3.8, 4) is 22.6 Å². The van der Waals surface area contributed by atoms with Crippen molar-refractivity contribution in [3.05, 3.63) is 94.6 Å². The van der Waals surface area contributed by atoms with Crippen molar-refractivity contribution in [2.45, 2.75) is 39.0 Å². The van der Waals surface area contributed by atoms with Crippen molar-refractivity contribution in [1.29, 1.82) is 0 Å². The van der Waals surface area contributed by atoms with Gasteiger partial charge in [-0.1, -0.05) is 24.3 Å². The number of aromatic nitrogens is 2. The van der Waals surface area contributed by atoms with E-state index in [9.17, 15) is 19.2 Å². The summed E-state index contributed by atoms with van der Waals surface area (Å²) in [6.45, 7) is 4.44. The van der Waals surface area contributed by atoms with Crippen LogP contribution in [0.5, 0.6) is 11.5 Å². The number of esters is 2. The largest absolute Gasteiger partial charge is 0.496 e. The van der Waals surface area contributed by atoms with E-state index in [0.29, 0.717) is 34.0 Å². The molecule has 0 aliphatic heterocycles. The molecule has 0 aliphatic rings. The van der Waals surface area contributed by atoms with E-state index in [2.05, 4.69) is 31.2 Å². The molecule has 0 aliphatic carbocycles. The monoisotopic (exact) mass is 772 g/mol. The lowest BCUT2D eigenvalue weighted by Crippen LogP contribution is -2.40. The van der Waals surface area contributed by atoms with E-state index in [0.717, 1.165) is 22.3 Å². The van der Waals surface area contributed by atoms with E-state index in [-0.39, 0.29) is 37.7 Å². The van der Waals surface area contributed by atoms with E-state index in [1.165, 1.54) is 67.2 Å². The molecule has 0 radical (unpaired) electrons. The summed E-state index contributed by atoms with van der Waals surface area (Å²) in [5.41, 5.74) is 5.92. The number of rotatable bonds is 19. The predicted molar refractivity (Wildman–Crippen MR) is 208 cm³/mol. The third kappa shape index (κ3) is 10.6. The van der Waals surface area contributed by atoms with Gasteiger partial charge in [-0.05, 0) is 48.2 Å². The predicted octanol–water partition coefficient (Wildman–Crippen LogP) is 3.84. The molecule has 0 saturated carbocycles. The first-order valence-corrected chi connectivity index (χ1v) is 17.5. The summed E-state index contributed by atoms with van der Waals surface area (Å²) >= 11 is 0. The molecule has 0 unspecified atom stereocenters. The van der Waals surface area contributed by atoms with E-state index < -0.39 is 35.8 Å². The highest BCUT2D eigenvalue weighted by molar-refractivity contribution is 6.05. The second-order valence-electron chi connectivity index (χ2n) is 12.5. The number of methoxy groups -OCH3 is 6. The molecular formula is C40H48N6O10. The van der Waals surface area contributed by atoms with Crippen molar-refractivity contribution >= 4 is 35.1 Å². The molecule has 4 N–H and O–H groups in total. The average molecular weight is 773 g/mol. The van der Waals surface area contributed by atoms with Crippen molar-refractivity contribution in [2.24, 2.45) is 0 Å². The van der Waals surface area contributed by atoms with E-state index in [1.807, 2.05) is 38.1 Å². The first kappa shape index (κ1) is 42.8. The van der Waals surface area contributed by atoms with Gasteiger partial charge in [0.1, 0.15) is 35.0 Å². The van der Waals surface area contributed by atoms with Crippen LogP contribution in [-0.2, 0) is 41.6 Å². The minimum atomic E-state index is -0.697. The van der Waals surface area contributed by atoms with Gasteiger partial charge in [-0.3, -0.25) is 39.8 Å². The summed E-state index contributed by atoms with van der Waals surface area (Å²) < 4.78 is 30.9. The Morgan fingerprint density at radius 3 is 1.34 bits per heavy atom. The van der Waals surface area contributed by atoms with Gasteiger partial charge in [0.15, 0.2) is 0 Å². The molecule has 56 heavy (non-hydrogen) atoms. The standard InChI is InChI=1S/C40H48N6O10/c1-23-27(11-9-13-29(23)45-37(47)31-15-35(53-5)25(17-41-31)19-43-33(21-51-3)39(49)55-7)28-12-10-14-30(24(28)2)46-38(48)32-16-36(54-6)26(18-42-32)20-44-34(22-52-4)40(50)56-8/h9-18,33-34,43-44H,19-22H2,1-8H3,(H,45,47)(H,46,48)/t33-,34-/m1/s1. The van der Waals surface area contributed by atoms with Crippen LogP contribution in [0.15, 0.2) is 60.9 Å². The van der Waals surface area contributed by atoms with Crippen LogP contribution in [0, 0.1) is 13.8 Å². The van der Waals surface area contributed by atoms with Crippen molar-refractivity contribution in [2.75, 3.05) is 66.5 Å². The molecule has 2 aromatic heterocycles. The molecule has 298 valence electrons. The summed E-state index contributed by atoms with van der Waals surface area (Å²) in [4.78, 5) is 59.7. The number of amides is 2. The zero-order valence-corrected chi connectivity index (χ0v) is 32.7. The van der Waals surface area contributed by atoms with Crippen LogP contribution in [0.4, 0.5) is 11.4 Å². The zero-order chi connectivity index (χ0) is 40.8. The summed E-state index contributed by atoms with van der Waals surface area (Å²) in [6.07, 6.45) is 3.02. The molecule has 0 spiro atoms. The fraction of sp³-hybridized carbons (Fsp3) is 0.350. The number of nitrogens with one attached hydrogen (secondary N) is 4. The maximum Gasteiger partial charge on any atom is 0.325 e. The first-order valence-electron chi connectivity index (χ1n) is 17.5. The Morgan fingerprint density at radius 1 is 0.607 bits per heavy atom. The first-order chi connectivity index (χ1) is 27.0. The van der Waals surface area contributed by atoms with Gasteiger partial charge in [-0.15, -0.1) is 0 Å².